The first-order valence-corrected chi connectivity index (χ1v) is 6.62. The number of hydrogen-bond acceptors (Lipinski definition) is 4. The average molecular weight is 256 g/mol. The van der Waals surface area contributed by atoms with Crippen molar-refractivity contribution >= 4 is 15.9 Å². The molecule has 0 N–H and O–H groups in total. The summed E-state index contributed by atoms with van der Waals surface area (Å²) in [6, 6.07) is 7.86. The molecule has 4 nitrogen and oxygen atoms in total. The largest absolute Gasteiger partial charge is 0.299 e. The normalized spacial score (nSPS) is 12.4. The fourth-order valence-electron chi connectivity index (χ4n) is 0.982. The first-order valence-electron chi connectivity index (χ1n) is 5.21. The van der Waals surface area contributed by atoms with E-state index >= 15 is 0 Å². The van der Waals surface area contributed by atoms with Gasteiger partial charge < -0.3 is 0 Å². The van der Waals surface area contributed by atoms with E-state index in [1.807, 2.05) is 0 Å². The molecular weight excluding hydrogens is 240 g/mol. The van der Waals surface area contributed by atoms with Crippen LogP contribution in [0, 0.1) is 5.41 Å². The van der Waals surface area contributed by atoms with Crippen molar-refractivity contribution in [2.75, 3.05) is 6.61 Å². The lowest BCUT2D eigenvalue weighted by molar-refractivity contribution is -0.126. The summed E-state index contributed by atoms with van der Waals surface area (Å²) in [6.45, 7) is 4.56. The lowest BCUT2D eigenvalue weighted by Gasteiger charge is -2.20. The second-order valence-electron chi connectivity index (χ2n) is 4.47. The van der Waals surface area contributed by atoms with E-state index in [2.05, 4.69) is 0 Å². The summed E-state index contributed by atoms with van der Waals surface area (Å²) in [5.41, 5.74) is -0.804. The predicted molar refractivity (Wildman–Crippen MR) is 64.0 cm³/mol. The van der Waals surface area contributed by atoms with Crippen molar-refractivity contribution in [2.24, 2.45) is 5.41 Å². The topological polar surface area (TPSA) is 60.4 Å². The van der Waals surface area contributed by atoms with Crippen molar-refractivity contribution in [1.29, 1.82) is 0 Å². The van der Waals surface area contributed by atoms with Gasteiger partial charge in [-0.25, -0.2) is 0 Å². The highest BCUT2D eigenvalue weighted by Gasteiger charge is 2.27. The molecule has 17 heavy (non-hydrogen) atoms. The van der Waals surface area contributed by atoms with E-state index in [4.69, 9.17) is 4.18 Å². The highest BCUT2D eigenvalue weighted by Crippen LogP contribution is 2.20. The molecule has 0 unspecified atom stereocenters. The van der Waals surface area contributed by atoms with Crippen molar-refractivity contribution in [2.45, 2.75) is 25.7 Å². The van der Waals surface area contributed by atoms with Gasteiger partial charge in [-0.15, -0.1) is 0 Å². The van der Waals surface area contributed by atoms with Crippen molar-refractivity contribution in [3.8, 4) is 0 Å². The van der Waals surface area contributed by atoms with E-state index in [9.17, 15) is 13.2 Å². The summed E-state index contributed by atoms with van der Waals surface area (Å²) in [5.74, 6) is -0.110. The van der Waals surface area contributed by atoms with Crippen LogP contribution in [0.25, 0.3) is 0 Å². The fraction of sp³-hybridized carbons (Fsp3) is 0.417. The quantitative estimate of drug-likeness (QED) is 0.756. The van der Waals surface area contributed by atoms with Gasteiger partial charge in [0.05, 0.1) is 11.5 Å². The summed E-state index contributed by atoms with van der Waals surface area (Å²) in [4.78, 5) is 11.3. The van der Waals surface area contributed by atoms with E-state index in [0.717, 1.165) is 0 Å². The van der Waals surface area contributed by atoms with Gasteiger partial charge in [-0.2, -0.15) is 8.42 Å². The van der Waals surface area contributed by atoms with Gasteiger partial charge in [-0.1, -0.05) is 32.0 Å². The van der Waals surface area contributed by atoms with Crippen molar-refractivity contribution in [3.63, 3.8) is 0 Å². The minimum Gasteiger partial charge on any atom is -0.299 e. The maximum Gasteiger partial charge on any atom is 0.297 e. The van der Waals surface area contributed by atoms with Gasteiger partial charge in [0.25, 0.3) is 10.1 Å². The molecule has 1 aromatic carbocycles. The smallest absolute Gasteiger partial charge is 0.297 e. The van der Waals surface area contributed by atoms with E-state index in [1.165, 1.54) is 19.1 Å². The molecule has 0 heterocycles. The van der Waals surface area contributed by atoms with Crippen LogP contribution in [0.2, 0.25) is 0 Å². The second kappa shape index (κ2) is 4.98. The highest BCUT2D eigenvalue weighted by atomic mass is 32.2. The monoisotopic (exact) mass is 256 g/mol. The molecule has 5 heteroatoms. The number of Topliss-reactive ketones (excluding diaryl/α,β-unsaturated/α-hetero) is 1. The zero-order chi connectivity index (χ0) is 13.1. The third kappa shape index (κ3) is 3.64. The van der Waals surface area contributed by atoms with Gasteiger partial charge in [0.2, 0.25) is 0 Å². The number of carbonyl (C=O) groups excluding carboxylic acids is 1. The van der Waals surface area contributed by atoms with Crippen LogP contribution >= 0.6 is 0 Å². The Morgan fingerprint density at radius 2 is 1.76 bits per heavy atom. The van der Waals surface area contributed by atoms with Crippen LogP contribution in [-0.4, -0.2) is 20.8 Å². The molecular formula is C12H16O4S. The molecule has 94 valence electrons. The van der Waals surface area contributed by atoms with Crippen LogP contribution in [0.15, 0.2) is 35.2 Å². The summed E-state index contributed by atoms with van der Waals surface area (Å²) in [5, 5.41) is 0. The molecule has 1 aromatic rings. The van der Waals surface area contributed by atoms with E-state index < -0.39 is 15.5 Å². The lowest BCUT2D eigenvalue weighted by Crippen LogP contribution is -2.29. The Hall–Kier alpha value is -1.20. The van der Waals surface area contributed by atoms with Crippen LogP contribution in [-0.2, 0) is 19.1 Å². The molecule has 0 aliphatic heterocycles. The van der Waals surface area contributed by atoms with Gasteiger partial charge in [-0.05, 0) is 19.1 Å². The molecule has 0 bridgehead atoms. The Morgan fingerprint density at radius 3 is 2.24 bits per heavy atom. The van der Waals surface area contributed by atoms with E-state index in [0.29, 0.717) is 0 Å². The van der Waals surface area contributed by atoms with E-state index in [1.54, 1.807) is 32.0 Å². The van der Waals surface area contributed by atoms with E-state index in [-0.39, 0.29) is 17.3 Å². The Labute approximate surface area is 102 Å². The molecule has 1 rings (SSSR count). The summed E-state index contributed by atoms with van der Waals surface area (Å²) in [6.07, 6.45) is 0. The Bertz CT molecular complexity index is 488. The van der Waals surface area contributed by atoms with Crippen LogP contribution in [0.4, 0.5) is 0 Å². The molecule has 0 radical (unpaired) electrons. The highest BCUT2D eigenvalue weighted by molar-refractivity contribution is 7.86. The Kier molecular flexibility index (Phi) is 4.06. The fourth-order valence-corrected chi connectivity index (χ4v) is 2.06. The van der Waals surface area contributed by atoms with Crippen LogP contribution in [0.5, 0.6) is 0 Å². The SMILES string of the molecule is CC(=O)C(C)(C)COS(=O)(=O)c1ccccc1. The minimum absolute atomic E-state index is 0.0966. The summed E-state index contributed by atoms with van der Waals surface area (Å²) in [7, 11) is -3.78. The van der Waals surface area contributed by atoms with Crippen LogP contribution in [0.3, 0.4) is 0 Å². The molecule has 0 amide bonds. The molecule has 0 atom stereocenters. The van der Waals surface area contributed by atoms with Crippen LogP contribution in [0.1, 0.15) is 20.8 Å². The van der Waals surface area contributed by atoms with Crippen molar-refractivity contribution < 1.29 is 17.4 Å². The molecule has 0 spiro atoms. The van der Waals surface area contributed by atoms with Gasteiger partial charge in [0.15, 0.2) is 0 Å². The first-order chi connectivity index (χ1) is 7.76. The lowest BCUT2D eigenvalue weighted by atomic mass is 9.90. The molecule has 0 saturated carbocycles. The maximum atomic E-state index is 11.8. The molecule has 0 aliphatic rings. The number of rotatable bonds is 5. The Morgan fingerprint density at radius 1 is 1.24 bits per heavy atom. The van der Waals surface area contributed by atoms with Crippen molar-refractivity contribution in [1.82, 2.24) is 0 Å². The average Bonchev–Trinajstić information content (AvgIpc) is 2.28. The third-order valence-corrected chi connectivity index (χ3v) is 3.84. The number of ketones is 1. The van der Waals surface area contributed by atoms with Crippen LogP contribution < -0.4 is 0 Å². The molecule has 0 aliphatic carbocycles. The summed E-state index contributed by atoms with van der Waals surface area (Å²) < 4.78 is 28.4. The van der Waals surface area contributed by atoms with Gasteiger partial charge >= 0.3 is 0 Å². The molecule has 0 aromatic heterocycles. The zero-order valence-electron chi connectivity index (χ0n) is 10.1. The maximum absolute atomic E-state index is 11.8. The van der Waals surface area contributed by atoms with Gasteiger partial charge in [0.1, 0.15) is 5.78 Å². The molecule has 0 saturated heterocycles. The molecule has 0 fully saturated rings. The second-order valence-corrected chi connectivity index (χ2v) is 6.08. The predicted octanol–water partition coefficient (Wildman–Crippen LogP) is 2.01. The Balaban J connectivity index is 2.80. The number of hydrogen-bond donors (Lipinski definition) is 0. The number of carbonyl (C=O) groups is 1. The minimum atomic E-state index is -3.78. The zero-order valence-corrected chi connectivity index (χ0v) is 11.0. The number of benzene rings is 1. The first kappa shape index (κ1) is 13.9. The van der Waals surface area contributed by atoms with Crippen molar-refractivity contribution in [3.05, 3.63) is 30.3 Å². The summed E-state index contributed by atoms with van der Waals surface area (Å²) >= 11 is 0. The third-order valence-electron chi connectivity index (χ3n) is 2.56. The standard InChI is InChI=1S/C12H16O4S/c1-10(13)12(2,3)9-16-17(14,15)11-7-5-4-6-8-11/h4-8H,9H2,1-3H3. The van der Waals surface area contributed by atoms with Gasteiger partial charge in [-0.3, -0.25) is 8.98 Å². The van der Waals surface area contributed by atoms with Gasteiger partial charge in [0, 0.05) is 5.41 Å².